The van der Waals surface area contributed by atoms with Crippen LogP contribution in [0, 0.1) is 0 Å². The molecule has 0 N–H and O–H groups in total. The van der Waals surface area contributed by atoms with Gasteiger partial charge >= 0.3 is 12.4 Å². The highest BCUT2D eigenvalue weighted by atomic mass is 32.1. The van der Waals surface area contributed by atoms with Crippen molar-refractivity contribution in [2.75, 3.05) is 6.54 Å². The molecular formula is C15H11F6NOS. The Kier molecular flexibility index (Phi) is 5.22. The minimum Gasteiger partial charge on any atom is -0.325 e. The summed E-state index contributed by atoms with van der Waals surface area (Å²) in [4.78, 5) is 12.7. The van der Waals surface area contributed by atoms with E-state index in [9.17, 15) is 31.1 Å². The quantitative estimate of drug-likeness (QED) is 0.699. The van der Waals surface area contributed by atoms with Crippen molar-refractivity contribution in [2.24, 2.45) is 0 Å². The summed E-state index contributed by atoms with van der Waals surface area (Å²) in [5, 5.41) is 3.14. The van der Waals surface area contributed by atoms with E-state index in [2.05, 4.69) is 0 Å². The predicted octanol–water partition coefficient (Wildman–Crippen LogP) is 4.97. The molecule has 0 radical (unpaired) electrons. The lowest BCUT2D eigenvalue weighted by Gasteiger charge is -2.25. The molecular weight excluding hydrogens is 356 g/mol. The molecule has 130 valence electrons. The van der Waals surface area contributed by atoms with Gasteiger partial charge in [0, 0.05) is 6.54 Å². The molecule has 0 aliphatic heterocycles. The van der Waals surface area contributed by atoms with Gasteiger partial charge in [0.15, 0.2) is 0 Å². The summed E-state index contributed by atoms with van der Waals surface area (Å²) in [5.74, 6) is -1.31. The fraction of sp³-hybridized carbons (Fsp3) is 0.267. The summed E-state index contributed by atoms with van der Waals surface area (Å²) in [6, 6.07) is 5.31. The van der Waals surface area contributed by atoms with E-state index < -0.39 is 42.5 Å². The van der Waals surface area contributed by atoms with Gasteiger partial charge in [-0.25, -0.2) is 0 Å². The average molecular weight is 367 g/mol. The van der Waals surface area contributed by atoms with Gasteiger partial charge in [0.25, 0.3) is 5.91 Å². The van der Waals surface area contributed by atoms with E-state index in [0.29, 0.717) is 16.5 Å². The average Bonchev–Trinajstić information content (AvgIpc) is 2.96. The largest absolute Gasteiger partial charge is 0.417 e. The maximum Gasteiger partial charge on any atom is 0.417 e. The molecule has 9 heteroatoms. The van der Waals surface area contributed by atoms with Gasteiger partial charge in [-0.05, 0) is 34.5 Å². The van der Waals surface area contributed by atoms with Gasteiger partial charge < -0.3 is 4.90 Å². The van der Waals surface area contributed by atoms with Crippen molar-refractivity contribution in [3.05, 3.63) is 57.8 Å². The maximum atomic E-state index is 13.0. The van der Waals surface area contributed by atoms with Crippen LogP contribution in [0.15, 0.2) is 41.1 Å². The summed E-state index contributed by atoms with van der Waals surface area (Å²) in [6.45, 7) is -2.05. The molecule has 2 nitrogen and oxygen atoms in total. The highest BCUT2D eigenvalue weighted by Gasteiger charge is 2.38. The normalized spacial score (nSPS) is 12.2. The Hall–Kier alpha value is -2.03. The molecule has 0 unspecified atom stereocenters. The zero-order valence-corrected chi connectivity index (χ0v) is 12.8. The van der Waals surface area contributed by atoms with Gasteiger partial charge in [0.05, 0.1) is 11.1 Å². The molecule has 0 bridgehead atoms. The highest BCUT2D eigenvalue weighted by molar-refractivity contribution is 7.07. The Morgan fingerprint density at radius 3 is 2.25 bits per heavy atom. The third kappa shape index (κ3) is 4.73. The first-order valence-electron chi connectivity index (χ1n) is 6.61. The molecule has 1 amide bonds. The van der Waals surface area contributed by atoms with Crippen LogP contribution in [0.25, 0.3) is 0 Å². The maximum absolute atomic E-state index is 13.0. The molecule has 24 heavy (non-hydrogen) atoms. The van der Waals surface area contributed by atoms with Crippen molar-refractivity contribution < 1.29 is 31.1 Å². The second-order valence-electron chi connectivity index (χ2n) is 4.95. The number of rotatable bonds is 4. The van der Waals surface area contributed by atoms with Crippen LogP contribution < -0.4 is 0 Å². The van der Waals surface area contributed by atoms with Crippen molar-refractivity contribution in [1.29, 1.82) is 0 Å². The molecule has 0 saturated heterocycles. The van der Waals surface area contributed by atoms with E-state index in [1.54, 1.807) is 5.38 Å². The first-order chi connectivity index (χ1) is 11.1. The number of thiophene rings is 1. The molecule has 0 saturated carbocycles. The number of hydrogen-bond acceptors (Lipinski definition) is 2. The van der Waals surface area contributed by atoms with Crippen LogP contribution in [0.1, 0.15) is 21.5 Å². The van der Waals surface area contributed by atoms with Crippen molar-refractivity contribution >= 4 is 17.2 Å². The van der Waals surface area contributed by atoms with Gasteiger partial charge in [0.2, 0.25) is 0 Å². The van der Waals surface area contributed by atoms with Crippen LogP contribution in [0.4, 0.5) is 26.3 Å². The Labute approximate surface area is 137 Å². The molecule has 1 heterocycles. The van der Waals surface area contributed by atoms with E-state index in [1.165, 1.54) is 28.8 Å². The van der Waals surface area contributed by atoms with Crippen molar-refractivity contribution in [3.63, 3.8) is 0 Å². The molecule has 1 aromatic carbocycles. The summed E-state index contributed by atoms with van der Waals surface area (Å²) in [6.07, 6.45) is -9.56. The smallest absolute Gasteiger partial charge is 0.325 e. The second kappa shape index (κ2) is 6.84. The van der Waals surface area contributed by atoms with Crippen LogP contribution in [0.5, 0.6) is 0 Å². The summed E-state index contributed by atoms with van der Waals surface area (Å²) in [7, 11) is 0. The minimum atomic E-state index is -4.83. The van der Waals surface area contributed by atoms with Gasteiger partial charge in [-0.1, -0.05) is 12.1 Å². The number of alkyl halides is 6. The minimum absolute atomic E-state index is 0.368. The van der Waals surface area contributed by atoms with Crippen LogP contribution >= 0.6 is 11.3 Å². The SMILES string of the molecule is O=C(c1ccccc1C(F)(F)F)N(Cc1ccsc1)CC(F)(F)F. The first-order valence-corrected chi connectivity index (χ1v) is 7.55. The van der Waals surface area contributed by atoms with Gasteiger partial charge in [0.1, 0.15) is 6.54 Å². The summed E-state index contributed by atoms with van der Waals surface area (Å²) in [5.41, 5.74) is -1.64. The number of carbonyl (C=O) groups is 1. The predicted molar refractivity (Wildman–Crippen MR) is 76.6 cm³/mol. The van der Waals surface area contributed by atoms with Crippen molar-refractivity contribution in [2.45, 2.75) is 18.9 Å². The van der Waals surface area contributed by atoms with Crippen molar-refractivity contribution in [3.8, 4) is 0 Å². The lowest BCUT2D eigenvalue weighted by atomic mass is 10.1. The fourth-order valence-electron chi connectivity index (χ4n) is 2.11. The standard InChI is InChI=1S/C15H11F6NOS/c16-14(17,18)9-22(7-10-5-6-24-8-10)13(23)11-3-1-2-4-12(11)15(19,20)21/h1-6,8H,7,9H2. The first kappa shape index (κ1) is 18.3. The third-order valence-corrected chi connectivity index (χ3v) is 3.81. The lowest BCUT2D eigenvalue weighted by molar-refractivity contribution is -0.142. The third-order valence-electron chi connectivity index (χ3n) is 3.07. The number of nitrogens with zero attached hydrogens (tertiary/aromatic N) is 1. The van der Waals surface area contributed by atoms with Crippen LogP contribution in [-0.2, 0) is 12.7 Å². The molecule has 0 atom stereocenters. The van der Waals surface area contributed by atoms with Crippen LogP contribution in [0.3, 0.4) is 0 Å². The summed E-state index contributed by atoms with van der Waals surface area (Å²) >= 11 is 1.22. The van der Waals surface area contributed by atoms with E-state index in [0.717, 1.165) is 12.1 Å². The Bertz CT molecular complexity index is 693. The van der Waals surface area contributed by atoms with Crippen LogP contribution in [0.2, 0.25) is 0 Å². The lowest BCUT2D eigenvalue weighted by Crippen LogP contribution is -2.39. The monoisotopic (exact) mass is 367 g/mol. The van der Waals surface area contributed by atoms with Gasteiger partial charge in [-0.3, -0.25) is 4.79 Å². The molecule has 0 aliphatic rings. The Morgan fingerprint density at radius 2 is 1.71 bits per heavy atom. The molecule has 2 aromatic rings. The van der Waals surface area contributed by atoms with E-state index >= 15 is 0 Å². The Balaban J connectivity index is 2.37. The molecule has 1 aromatic heterocycles. The van der Waals surface area contributed by atoms with Gasteiger partial charge in [-0.2, -0.15) is 37.7 Å². The molecule has 0 fully saturated rings. The summed E-state index contributed by atoms with van der Waals surface area (Å²) < 4.78 is 77.2. The zero-order chi connectivity index (χ0) is 18.0. The molecule has 0 aliphatic carbocycles. The zero-order valence-electron chi connectivity index (χ0n) is 12.0. The highest BCUT2D eigenvalue weighted by Crippen LogP contribution is 2.33. The van der Waals surface area contributed by atoms with E-state index in [4.69, 9.17) is 0 Å². The Morgan fingerprint density at radius 1 is 1.04 bits per heavy atom. The van der Waals surface area contributed by atoms with Crippen molar-refractivity contribution in [1.82, 2.24) is 4.90 Å². The number of hydrogen-bond donors (Lipinski definition) is 0. The van der Waals surface area contributed by atoms with Gasteiger partial charge in [-0.15, -0.1) is 0 Å². The fourth-order valence-corrected chi connectivity index (χ4v) is 2.77. The number of halogens is 6. The van der Waals surface area contributed by atoms with Crippen LogP contribution in [-0.4, -0.2) is 23.5 Å². The van der Waals surface area contributed by atoms with E-state index in [1.807, 2.05) is 0 Å². The number of benzene rings is 1. The molecule has 0 spiro atoms. The number of carbonyl (C=O) groups excluding carboxylic acids is 1. The second-order valence-corrected chi connectivity index (χ2v) is 5.73. The van der Waals surface area contributed by atoms with E-state index in [-0.39, 0.29) is 0 Å². The molecule has 2 rings (SSSR count). The number of amides is 1. The topological polar surface area (TPSA) is 20.3 Å².